The van der Waals surface area contributed by atoms with Crippen LogP contribution >= 0.6 is 34.5 Å². The van der Waals surface area contributed by atoms with Gasteiger partial charge in [0, 0.05) is 22.7 Å². The highest BCUT2D eigenvalue weighted by molar-refractivity contribution is 7.20. The van der Waals surface area contributed by atoms with Gasteiger partial charge in [0.2, 0.25) is 0 Å². The molecule has 0 amide bonds. The lowest BCUT2D eigenvalue weighted by atomic mass is 10.0. The SMILES string of the molecule is Cc1ccc2c(C(=O)c3cc(Cl)sc3Cl)c[nH]c2c1. The van der Waals surface area contributed by atoms with E-state index < -0.39 is 0 Å². The molecule has 0 fully saturated rings. The number of ketones is 1. The van der Waals surface area contributed by atoms with Crippen LogP contribution in [0.15, 0.2) is 30.5 Å². The summed E-state index contributed by atoms with van der Waals surface area (Å²) in [5.74, 6) is -0.108. The van der Waals surface area contributed by atoms with E-state index in [0.29, 0.717) is 19.8 Å². The molecule has 1 N–H and O–H groups in total. The van der Waals surface area contributed by atoms with E-state index in [1.54, 1.807) is 12.3 Å². The molecule has 1 aromatic carbocycles. The minimum atomic E-state index is -0.108. The van der Waals surface area contributed by atoms with Crippen molar-refractivity contribution in [3.8, 4) is 0 Å². The Bertz CT molecular complexity index is 788. The maximum Gasteiger partial charge on any atom is 0.197 e. The van der Waals surface area contributed by atoms with Gasteiger partial charge in [-0.15, -0.1) is 11.3 Å². The van der Waals surface area contributed by atoms with Crippen LogP contribution < -0.4 is 0 Å². The van der Waals surface area contributed by atoms with Crippen molar-refractivity contribution in [3.63, 3.8) is 0 Å². The highest BCUT2D eigenvalue weighted by Crippen LogP contribution is 2.33. The van der Waals surface area contributed by atoms with Gasteiger partial charge >= 0.3 is 0 Å². The standard InChI is InChI=1S/C14H9Cl2NOS/c1-7-2-3-8-10(6-17-11(8)4-7)13(18)9-5-12(15)19-14(9)16/h2-6,17H,1H3. The molecule has 0 unspecified atom stereocenters. The number of carbonyl (C=O) groups excluding carboxylic acids is 1. The lowest BCUT2D eigenvalue weighted by Crippen LogP contribution is -1.98. The number of benzene rings is 1. The predicted octanol–water partition coefficient (Wildman–Crippen LogP) is 5.08. The summed E-state index contributed by atoms with van der Waals surface area (Å²) in [7, 11) is 0. The Hall–Kier alpha value is -1.29. The molecule has 2 heterocycles. The van der Waals surface area contributed by atoms with Crippen LogP contribution in [0.25, 0.3) is 10.9 Å². The van der Waals surface area contributed by atoms with Gasteiger partial charge in [0.25, 0.3) is 0 Å². The van der Waals surface area contributed by atoms with Crippen molar-refractivity contribution in [1.82, 2.24) is 4.98 Å². The van der Waals surface area contributed by atoms with E-state index in [1.165, 1.54) is 11.3 Å². The van der Waals surface area contributed by atoms with E-state index in [9.17, 15) is 4.79 Å². The fourth-order valence-corrected chi connectivity index (χ4v) is 3.53. The Morgan fingerprint density at radius 1 is 1.21 bits per heavy atom. The molecule has 0 aliphatic heterocycles. The normalized spacial score (nSPS) is 11.1. The number of aromatic nitrogens is 1. The Labute approximate surface area is 124 Å². The van der Waals surface area contributed by atoms with Crippen molar-refractivity contribution in [1.29, 1.82) is 0 Å². The van der Waals surface area contributed by atoms with Crippen LogP contribution in [0, 0.1) is 6.92 Å². The molecule has 5 heteroatoms. The lowest BCUT2D eigenvalue weighted by Gasteiger charge is -1.98. The van der Waals surface area contributed by atoms with Crippen LogP contribution in [0.5, 0.6) is 0 Å². The molecule has 96 valence electrons. The highest BCUT2D eigenvalue weighted by Gasteiger charge is 2.19. The number of aryl methyl sites for hydroxylation is 1. The van der Waals surface area contributed by atoms with Gasteiger partial charge in [-0.2, -0.15) is 0 Å². The van der Waals surface area contributed by atoms with E-state index in [-0.39, 0.29) is 5.78 Å². The van der Waals surface area contributed by atoms with Gasteiger partial charge in [-0.3, -0.25) is 4.79 Å². The first-order valence-corrected chi connectivity index (χ1v) is 7.21. The second kappa shape index (κ2) is 4.67. The minimum absolute atomic E-state index is 0.108. The van der Waals surface area contributed by atoms with E-state index >= 15 is 0 Å². The van der Waals surface area contributed by atoms with Gasteiger partial charge in [0.05, 0.1) is 9.90 Å². The first kappa shape index (κ1) is 12.7. The Morgan fingerprint density at radius 3 is 2.68 bits per heavy atom. The summed E-state index contributed by atoms with van der Waals surface area (Å²) in [6, 6.07) is 7.55. The molecular formula is C14H9Cl2NOS. The largest absolute Gasteiger partial charge is 0.360 e. The number of H-pyrrole nitrogens is 1. The third-order valence-electron chi connectivity index (χ3n) is 2.98. The van der Waals surface area contributed by atoms with Gasteiger partial charge < -0.3 is 4.98 Å². The molecule has 0 bridgehead atoms. The molecule has 0 spiro atoms. The molecule has 0 radical (unpaired) electrons. The summed E-state index contributed by atoms with van der Waals surface area (Å²) in [6.07, 6.45) is 1.72. The van der Waals surface area contributed by atoms with E-state index in [4.69, 9.17) is 23.2 Å². The Balaban J connectivity index is 2.14. The summed E-state index contributed by atoms with van der Waals surface area (Å²) >= 11 is 13.1. The second-order valence-corrected chi connectivity index (χ2v) is 6.60. The van der Waals surface area contributed by atoms with Crippen molar-refractivity contribution >= 4 is 51.2 Å². The minimum Gasteiger partial charge on any atom is -0.360 e. The van der Waals surface area contributed by atoms with Gasteiger partial charge in [-0.25, -0.2) is 0 Å². The molecule has 3 rings (SSSR count). The molecule has 0 saturated heterocycles. The zero-order valence-corrected chi connectivity index (χ0v) is 12.3. The molecule has 0 saturated carbocycles. The van der Waals surface area contributed by atoms with Crippen molar-refractivity contribution in [3.05, 3.63) is 55.8 Å². The number of carbonyl (C=O) groups is 1. The summed E-state index contributed by atoms with van der Waals surface area (Å²) in [6.45, 7) is 2.01. The average Bonchev–Trinajstić information content (AvgIpc) is 2.91. The van der Waals surface area contributed by atoms with Crippen molar-refractivity contribution in [2.24, 2.45) is 0 Å². The van der Waals surface area contributed by atoms with Crippen molar-refractivity contribution < 1.29 is 4.79 Å². The number of rotatable bonds is 2. The van der Waals surface area contributed by atoms with E-state index in [0.717, 1.165) is 16.5 Å². The topological polar surface area (TPSA) is 32.9 Å². The van der Waals surface area contributed by atoms with Crippen LogP contribution in [-0.4, -0.2) is 10.8 Å². The molecule has 0 aliphatic rings. The number of hydrogen-bond acceptors (Lipinski definition) is 2. The fraction of sp³-hybridized carbons (Fsp3) is 0.0714. The number of nitrogens with one attached hydrogen (secondary N) is 1. The molecule has 0 atom stereocenters. The van der Waals surface area contributed by atoms with Crippen molar-refractivity contribution in [2.45, 2.75) is 6.92 Å². The predicted molar refractivity (Wildman–Crippen MR) is 80.8 cm³/mol. The van der Waals surface area contributed by atoms with Crippen LogP contribution in [0.2, 0.25) is 8.67 Å². The molecule has 2 aromatic heterocycles. The Kier molecular flexibility index (Phi) is 3.13. The monoisotopic (exact) mass is 309 g/mol. The number of fused-ring (bicyclic) bond motifs is 1. The number of halogens is 2. The van der Waals surface area contributed by atoms with Crippen molar-refractivity contribution in [2.75, 3.05) is 0 Å². The summed E-state index contributed by atoms with van der Waals surface area (Å²) < 4.78 is 0.945. The third kappa shape index (κ3) is 2.18. The summed E-state index contributed by atoms with van der Waals surface area (Å²) in [5, 5.41) is 0.897. The molecular weight excluding hydrogens is 301 g/mol. The molecule has 0 aliphatic carbocycles. The quantitative estimate of drug-likeness (QED) is 0.658. The summed E-state index contributed by atoms with van der Waals surface area (Å²) in [5.41, 5.74) is 3.16. The maximum atomic E-state index is 12.5. The number of hydrogen-bond donors (Lipinski definition) is 1. The second-order valence-electron chi connectivity index (χ2n) is 4.32. The average molecular weight is 310 g/mol. The van der Waals surface area contributed by atoms with Gasteiger partial charge in [-0.1, -0.05) is 35.3 Å². The summed E-state index contributed by atoms with van der Waals surface area (Å²) in [4.78, 5) is 15.6. The number of aromatic amines is 1. The smallest absolute Gasteiger partial charge is 0.197 e. The molecule has 2 nitrogen and oxygen atoms in total. The van der Waals surface area contributed by atoms with Crippen LogP contribution in [0.4, 0.5) is 0 Å². The van der Waals surface area contributed by atoms with E-state index in [2.05, 4.69) is 4.98 Å². The van der Waals surface area contributed by atoms with Gasteiger partial charge in [0.15, 0.2) is 5.78 Å². The fourth-order valence-electron chi connectivity index (χ4n) is 2.07. The zero-order chi connectivity index (χ0) is 13.6. The highest BCUT2D eigenvalue weighted by atomic mass is 35.5. The van der Waals surface area contributed by atoms with Crippen LogP contribution in [0.3, 0.4) is 0 Å². The Morgan fingerprint density at radius 2 is 2.00 bits per heavy atom. The zero-order valence-electron chi connectivity index (χ0n) is 9.96. The van der Waals surface area contributed by atoms with E-state index in [1.807, 2.05) is 25.1 Å². The van der Waals surface area contributed by atoms with Crippen LogP contribution in [0.1, 0.15) is 21.5 Å². The first-order chi connectivity index (χ1) is 9.06. The number of thiophene rings is 1. The maximum absolute atomic E-state index is 12.5. The molecule has 19 heavy (non-hydrogen) atoms. The third-order valence-corrected chi connectivity index (χ3v) is 4.47. The first-order valence-electron chi connectivity index (χ1n) is 5.63. The van der Waals surface area contributed by atoms with Gasteiger partial charge in [-0.05, 0) is 24.6 Å². The lowest BCUT2D eigenvalue weighted by molar-refractivity contribution is 0.104. The molecule has 3 aromatic rings. The van der Waals surface area contributed by atoms with Gasteiger partial charge in [0.1, 0.15) is 4.34 Å². The van der Waals surface area contributed by atoms with Crippen LogP contribution in [-0.2, 0) is 0 Å².